The third-order valence-electron chi connectivity index (χ3n) is 3.04. The number of anilines is 1. The Hall–Kier alpha value is -2.36. The van der Waals surface area contributed by atoms with Gasteiger partial charge in [0.1, 0.15) is 11.6 Å². The summed E-state index contributed by atoms with van der Waals surface area (Å²) < 4.78 is 18.7. The maximum atomic E-state index is 13.6. The summed E-state index contributed by atoms with van der Waals surface area (Å²) in [6.45, 7) is 0.105. The topological polar surface area (TPSA) is 29.5 Å². The molecule has 2 aromatic rings. The van der Waals surface area contributed by atoms with Crippen molar-refractivity contribution in [2.75, 3.05) is 25.6 Å². The molecule has 20 heavy (non-hydrogen) atoms. The Labute approximate surface area is 117 Å². The molecule has 0 atom stereocenters. The summed E-state index contributed by atoms with van der Waals surface area (Å²) in [5.41, 5.74) is 0.955. The third kappa shape index (κ3) is 3.15. The zero-order valence-electron chi connectivity index (χ0n) is 11.5. The van der Waals surface area contributed by atoms with E-state index in [0.29, 0.717) is 17.0 Å². The average Bonchev–Trinajstić information content (AvgIpc) is 2.47. The minimum absolute atomic E-state index is 0.0883. The van der Waals surface area contributed by atoms with Crippen molar-refractivity contribution in [3.63, 3.8) is 0 Å². The van der Waals surface area contributed by atoms with Crippen molar-refractivity contribution in [3.05, 3.63) is 59.9 Å². The van der Waals surface area contributed by atoms with Crippen LogP contribution in [-0.4, -0.2) is 26.5 Å². The van der Waals surface area contributed by atoms with Crippen molar-refractivity contribution < 1.29 is 13.9 Å². The van der Waals surface area contributed by atoms with Crippen molar-refractivity contribution in [1.29, 1.82) is 0 Å². The summed E-state index contributed by atoms with van der Waals surface area (Å²) in [5, 5.41) is 0. The van der Waals surface area contributed by atoms with Crippen LogP contribution in [-0.2, 0) is 0 Å². The average molecular weight is 273 g/mol. The SMILES string of the molecule is COc1cccc(C(=O)CN(C)c2ccccc2F)c1. The Morgan fingerprint density at radius 1 is 1.20 bits per heavy atom. The summed E-state index contributed by atoms with van der Waals surface area (Å²) in [6.07, 6.45) is 0. The number of Topliss-reactive ketones (excluding diaryl/α,β-unsaturated/α-hetero) is 1. The van der Waals surface area contributed by atoms with Crippen LogP contribution in [0.4, 0.5) is 10.1 Å². The van der Waals surface area contributed by atoms with Crippen molar-refractivity contribution in [2.24, 2.45) is 0 Å². The predicted molar refractivity (Wildman–Crippen MR) is 77.0 cm³/mol. The lowest BCUT2D eigenvalue weighted by Gasteiger charge is -2.19. The lowest BCUT2D eigenvalue weighted by Crippen LogP contribution is -2.26. The van der Waals surface area contributed by atoms with Gasteiger partial charge >= 0.3 is 0 Å². The quantitative estimate of drug-likeness (QED) is 0.784. The fourth-order valence-corrected chi connectivity index (χ4v) is 1.95. The van der Waals surface area contributed by atoms with Crippen LogP contribution in [0.3, 0.4) is 0 Å². The molecule has 0 unspecified atom stereocenters. The number of para-hydroxylation sites is 1. The number of carbonyl (C=O) groups is 1. The van der Waals surface area contributed by atoms with E-state index in [-0.39, 0.29) is 18.1 Å². The number of carbonyl (C=O) groups excluding carboxylic acids is 1. The predicted octanol–water partition coefficient (Wildman–Crippen LogP) is 3.15. The molecule has 0 aliphatic carbocycles. The number of hydrogen-bond acceptors (Lipinski definition) is 3. The van der Waals surface area contributed by atoms with E-state index < -0.39 is 0 Å². The summed E-state index contributed by atoms with van der Waals surface area (Å²) >= 11 is 0. The van der Waals surface area contributed by atoms with Gasteiger partial charge in [0.15, 0.2) is 5.78 Å². The molecule has 0 aliphatic heterocycles. The molecule has 3 nitrogen and oxygen atoms in total. The Bertz CT molecular complexity index is 613. The van der Waals surface area contributed by atoms with Gasteiger partial charge < -0.3 is 9.64 Å². The van der Waals surface area contributed by atoms with E-state index in [9.17, 15) is 9.18 Å². The van der Waals surface area contributed by atoms with E-state index in [1.54, 1.807) is 61.5 Å². The minimum atomic E-state index is -0.339. The highest BCUT2D eigenvalue weighted by Crippen LogP contribution is 2.18. The van der Waals surface area contributed by atoms with E-state index in [0.717, 1.165) is 0 Å². The molecule has 4 heteroatoms. The van der Waals surface area contributed by atoms with E-state index in [2.05, 4.69) is 0 Å². The molecule has 2 aromatic carbocycles. The Morgan fingerprint density at radius 3 is 2.65 bits per heavy atom. The molecule has 0 amide bonds. The van der Waals surface area contributed by atoms with Crippen LogP contribution in [0.2, 0.25) is 0 Å². The highest BCUT2D eigenvalue weighted by atomic mass is 19.1. The first kappa shape index (κ1) is 14.1. The van der Waals surface area contributed by atoms with Gasteiger partial charge in [-0.1, -0.05) is 24.3 Å². The Morgan fingerprint density at radius 2 is 1.95 bits per heavy atom. The van der Waals surface area contributed by atoms with Crippen LogP contribution in [0.5, 0.6) is 5.75 Å². The molecule has 0 spiro atoms. The molecule has 104 valence electrons. The number of methoxy groups -OCH3 is 1. The number of likely N-dealkylation sites (N-methyl/N-ethyl adjacent to an activating group) is 1. The van der Waals surface area contributed by atoms with Gasteiger partial charge in [-0.3, -0.25) is 4.79 Å². The number of hydrogen-bond donors (Lipinski definition) is 0. The second-order valence-electron chi connectivity index (χ2n) is 4.46. The highest BCUT2D eigenvalue weighted by Gasteiger charge is 2.13. The monoisotopic (exact) mass is 273 g/mol. The number of ether oxygens (including phenoxy) is 1. The van der Waals surface area contributed by atoms with Gasteiger partial charge in [-0.2, -0.15) is 0 Å². The Balaban J connectivity index is 2.13. The molecular formula is C16H16FNO2. The van der Waals surface area contributed by atoms with Crippen molar-refractivity contribution in [2.45, 2.75) is 0 Å². The maximum Gasteiger partial charge on any atom is 0.182 e. The fourth-order valence-electron chi connectivity index (χ4n) is 1.95. The van der Waals surface area contributed by atoms with Crippen LogP contribution in [0.25, 0.3) is 0 Å². The van der Waals surface area contributed by atoms with E-state index in [1.165, 1.54) is 6.07 Å². The zero-order valence-corrected chi connectivity index (χ0v) is 11.5. The van der Waals surface area contributed by atoms with Crippen molar-refractivity contribution >= 4 is 11.5 Å². The third-order valence-corrected chi connectivity index (χ3v) is 3.04. The highest BCUT2D eigenvalue weighted by molar-refractivity contribution is 5.99. The second kappa shape index (κ2) is 6.19. The van der Waals surface area contributed by atoms with Crippen LogP contribution >= 0.6 is 0 Å². The molecule has 0 aliphatic rings. The molecule has 0 fully saturated rings. The summed E-state index contributed by atoms with van der Waals surface area (Å²) in [7, 11) is 3.24. The van der Waals surface area contributed by atoms with E-state index >= 15 is 0 Å². The molecule has 0 radical (unpaired) electrons. The largest absolute Gasteiger partial charge is 0.497 e. The molecule has 0 aromatic heterocycles. The minimum Gasteiger partial charge on any atom is -0.497 e. The standard InChI is InChI=1S/C16H16FNO2/c1-18(15-9-4-3-8-14(15)17)11-16(19)12-6-5-7-13(10-12)20-2/h3-10H,11H2,1-2H3. The van der Waals surface area contributed by atoms with Crippen molar-refractivity contribution in [1.82, 2.24) is 0 Å². The lowest BCUT2D eigenvalue weighted by atomic mass is 10.1. The summed E-state index contributed by atoms with van der Waals surface area (Å²) in [5.74, 6) is 0.201. The number of halogens is 1. The van der Waals surface area contributed by atoms with Crippen molar-refractivity contribution in [3.8, 4) is 5.75 Å². The first-order chi connectivity index (χ1) is 9.61. The van der Waals surface area contributed by atoms with Gasteiger partial charge in [-0.15, -0.1) is 0 Å². The molecular weight excluding hydrogens is 257 g/mol. The second-order valence-corrected chi connectivity index (χ2v) is 4.46. The summed E-state index contributed by atoms with van der Waals surface area (Å²) in [4.78, 5) is 13.8. The van der Waals surface area contributed by atoms with Gasteiger partial charge in [-0.05, 0) is 24.3 Å². The number of benzene rings is 2. The fraction of sp³-hybridized carbons (Fsp3) is 0.188. The first-order valence-electron chi connectivity index (χ1n) is 6.24. The zero-order chi connectivity index (χ0) is 14.5. The molecule has 0 saturated heterocycles. The lowest BCUT2D eigenvalue weighted by molar-refractivity contribution is 0.1000. The van der Waals surface area contributed by atoms with E-state index in [4.69, 9.17) is 4.74 Å². The molecule has 0 bridgehead atoms. The van der Waals surface area contributed by atoms with Gasteiger partial charge in [0.25, 0.3) is 0 Å². The number of rotatable bonds is 5. The van der Waals surface area contributed by atoms with E-state index in [1.807, 2.05) is 0 Å². The van der Waals surface area contributed by atoms with Crippen LogP contribution in [0.15, 0.2) is 48.5 Å². The van der Waals surface area contributed by atoms with Gasteiger partial charge in [0.05, 0.1) is 19.3 Å². The normalized spacial score (nSPS) is 10.2. The molecule has 0 N–H and O–H groups in total. The molecule has 2 rings (SSSR count). The smallest absolute Gasteiger partial charge is 0.182 e. The molecule has 0 heterocycles. The maximum absolute atomic E-state index is 13.6. The van der Waals surface area contributed by atoms with Gasteiger partial charge in [0, 0.05) is 12.6 Å². The number of nitrogens with zero attached hydrogens (tertiary/aromatic N) is 1. The summed E-state index contributed by atoms with van der Waals surface area (Å²) in [6, 6.07) is 13.3. The van der Waals surface area contributed by atoms with Gasteiger partial charge in [0.2, 0.25) is 0 Å². The Kier molecular flexibility index (Phi) is 4.35. The van der Waals surface area contributed by atoms with Gasteiger partial charge in [-0.25, -0.2) is 4.39 Å². The number of ketones is 1. The van der Waals surface area contributed by atoms with Crippen LogP contribution in [0.1, 0.15) is 10.4 Å². The van der Waals surface area contributed by atoms with Crippen LogP contribution in [0, 0.1) is 5.82 Å². The first-order valence-corrected chi connectivity index (χ1v) is 6.24. The molecule has 0 saturated carbocycles. The van der Waals surface area contributed by atoms with Crippen LogP contribution < -0.4 is 9.64 Å².